The van der Waals surface area contributed by atoms with E-state index in [0.717, 1.165) is 10.5 Å². The lowest BCUT2D eigenvalue weighted by molar-refractivity contribution is -0.129. The van der Waals surface area contributed by atoms with E-state index in [-0.39, 0.29) is 11.7 Å². The number of carbonyl (C=O) groups is 1. The molecule has 0 bridgehead atoms. The van der Waals surface area contributed by atoms with Gasteiger partial charge in [-0.1, -0.05) is 48.0 Å². The lowest BCUT2D eigenvalue weighted by atomic mass is 10.2. The zero-order valence-corrected chi connectivity index (χ0v) is 17.0. The van der Waals surface area contributed by atoms with Crippen molar-refractivity contribution in [1.29, 1.82) is 0 Å². The summed E-state index contributed by atoms with van der Waals surface area (Å²) in [6.07, 6.45) is 0. The maximum atomic E-state index is 12.6. The molecule has 27 heavy (non-hydrogen) atoms. The Labute approximate surface area is 165 Å². The number of hydrogen-bond acceptors (Lipinski definition) is 4. The maximum absolute atomic E-state index is 12.6. The molecule has 2 aromatic carbocycles. The fourth-order valence-corrected chi connectivity index (χ4v) is 5.28. The van der Waals surface area contributed by atoms with Gasteiger partial charge in [-0.15, -0.1) is 11.8 Å². The topological polar surface area (TPSA) is 57.7 Å². The molecule has 3 rings (SSSR count). The third kappa shape index (κ3) is 5.57. The number of hydrogen-bond donors (Lipinski definition) is 0. The van der Waals surface area contributed by atoms with Gasteiger partial charge in [-0.05, 0) is 24.6 Å². The van der Waals surface area contributed by atoms with Crippen molar-refractivity contribution in [2.75, 3.05) is 31.9 Å². The average Bonchev–Trinajstić information content (AvgIpc) is 2.68. The molecule has 1 fully saturated rings. The van der Waals surface area contributed by atoms with Gasteiger partial charge in [0, 0.05) is 31.1 Å². The SMILES string of the molecule is Cc1ccc(SCC(=O)N2CCN(S(=O)(=O)Cc3ccccc3)CC2)cc1. The molecule has 5 nitrogen and oxygen atoms in total. The number of aryl methyl sites for hydroxylation is 1. The summed E-state index contributed by atoms with van der Waals surface area (Å²) in [4.78, 5) is 15.3. The number of thioether (sulfide) groups is 1. The molecule has 1 amide bonds. The number of sulfonamides is 1. The van der Waals surface area contributed by atoms with Crippen molar-refractivity contribution < 1.29 is 13.2 Å². The van der Waals surface area contributed by atoms with Crippen LogP contribution in [0.1, 0.15) is 11.1 Å². The molecule has 0 aliphatic carbocycles. The molecule has 0 atom stereocenters. The van der Waals surface area contributed by atoms with Crippen LogP contribution in [-0.2, 0) is 20.6 Å². The van der Waals surface area contributed by atoms with Crippen LogP contribution in [0.2, 0.25) is 0 Å². The highest BCUT2D eigenvalue weighted by Gasteiger charge is 2.28. The van der Waals surface area contributed by atoms with E-state index in [0.29, 0.717) is 31.9 Å². The van der Waals surface area contributed by atoms with E-state index in [9.17, 15) is 13.2 Å². The predicted molar refractivity (Wildman–Crippen MR) is 109 cm³/mol. The van der Waals surface area contributed by atoms with Gasteiger partial charge in [-0.25, -0.2) is 8.42 Å². The Morgan fingerprint density at radius 1 is 0.963 bits per heavy atom. The number of rotatable bonds is 6. The van der Waals surface area contributed by atoms with E-state index in [1.807, 2.05) is 61.5 Å². The fraction of sp³-hybridized carbons (Fsp3) is 0.350. The van der Waals surface area contributed by atoms with Crippen LogP contribution in [0, 0.1) is 6.92 Å². The monoisotopic (exact) mass is 404 g/mol. The third-order valence-electron chi connectivity index (χ3n) is 4.56. The molecule has 1 saturated heterocycles. The summed E-state index contributed by atoms with van der Waals surface area (Å²) in [6, 6.07) is 17.3. The van der Waals surface area contributed by atoms with E-state index >= 15 is 0 Å². The average molecular weight is 405 g/mol. The summed E-state index contributed by atoms with van der Waals surface area (Å²) in [7, 11) is -3.35. The van der Waals surface area contributed by atoms with Crippen molar-refractivity contribution in [3.63, 3.8) is 0 Å². The molecule has 1 aliphatic heterocycles. The van der Waals surface area contributed by atoms with Gasteiger partial charge in [0.15, 0.2) is 0 Å². The molecule has 0 unspecified atom stereocenters. The second-order valence-electron chi connectivity index (χ2n) is 6.62. The molecule has 2 aromatic rings. The maximum Gasteiger partial charge on any atom is 0.233 e. The van der Waals surface area contributed by atoms with E-state index in [2.05, 4.69) is 0 Å². The minimum Gasteiger partial charge on any atom is -0.339 e. The minimum atomic E-state index is -3.35. The Bertz CT molecular complexity index is 860. The number of piperazine rings is 1. The van der Waals surface area contributed by atoms with Gasteiger partial charge in [0.05, 0.1) is 11.5 Å². The first-order valence-electron chi connectivity index (χ1n) is 8.93. The number of benzene rings is 2. The normalized spacial score (nSPS) is 15.7. The van der Waals surface area contributed by atoms with Gasteiger partial charge in [0.25, 0.3) is 0 Å². The van der Waals surface area contributed by atoms with Crippen LogP contribution in [0.5, 0.6) is 0 Å². The summed E-state index contributed by atoms with van der Waals surface area (Å²) in [5, 5.41) is 0. The van der Waals surface area contributed by atoms with Gasteiger partial charge >= 0.3 is 0 Å². The zero-order valence-electron chi connectivity index (χ0n) is 15.4. The molecule has 1 heterocycles. The van der Waals surface area contributed by atoms with E-state index in [1.165, 1.54) is 21.6 Å². The predicted octanol–water partition coefficient (Wildman–Crippen LogP) is 2.76. The van der Waals surface area contributed by atoms with Crippen LogP contribution in [0.3, 0.4) is 0 Å². The highest BCUT2D eigenvalue weighted by Crippen LogP contribution is 2.20. The molecular formula is C20H24N2O3S2. The first-order chi connectivity index (χ1) is 12.9. The summed E-state index contributed by atoms with van der Waals surface area (Å²) < 4.78 is 26.7. The quantitative estimate of drug-likeness (QED) is 0.695. The van der Waals surface area contributed by atoms with Crippen molar-refractivity contribution in [1.82, 2.24) is 9.21 Å². The van der Waals surface area contributed by atoms with Crippen molar-refractivity contribution in [2.24, 2.45) is 0 Å². The largest absolute Gasteiger partial charge is 0.339 e. The molecular weight excluding hydrogens is 380 g/mol. The molecule has 0 saturated carbocycles. The lowest BCUT2D eigenvalue weighted by Crippen LogP contribution is -2.51. The molecule has 0 spiro atoms. The Hall–Kier alpha value is -1.83. The van der Waals surface area contributed by atoms with E-state index in [1.54, 1.807) is 4.90 Å². The van der Waals surface area contributed by atoms with Crippen LogP contribution in [0.25, 0.3) is 0 Å². The Balaban J connectivity index is 1.49. The van der Waals surface area contributed by atoms with Crippen LogP contribution >= 0.6 is 11.8 Å². The Morgan fingerprint density at radius 2 is 1.59 bits per heavy atom. The third-order valence-corrected chi connectivity index (χ3v) is 7.41. The summed E-state index contributed by atoms with van der Waals surface area (Å²) >= 11 is 1.52. The Kier molecular flexibility index (Phi) is 6.57. The molecule has 7 heteroatoms. The smallest absolute Gasteiger partial charge is 0.233 e. The first-order valence-corrected chi connectivity index (χ1v) is 11.5. The van der Waals surface area contributed by atoms with Crippen LogP contribution < -0.4 is 0 Å². The van der Waals surface area contributed by atoms with Gasteiger partial charge in [0.1, 0.15) is 0 Å². The summed E-state index contributed by atoms with van der Waals surface area (Å²) in [6.45, 7) is 3.64. The highest BCUT2D eigenvalue weighted by molar-refractivity contribution is 8.00. The van der Waals surface area contributed by atoms with Crippen molar-refractivity contribution in [3.8, 4) is 0 Å². The molecule has 0 aromatic heterocycles. The number of carbonyl (C=O) groups excluding carboxylic acids is 1. The lowest BCUT2D eigenvalue weighted by Gasteiger charge is -2.34. The number of amides is 1. The second kappa shape index (κ2) is 8.91. The standard InChI is InChI=1S/C20H24N2O3S2/c1-17-7-9-19(10-8-17)26-15-20(23)21-11-13-22(14-12-21)27(24,25)16-18-5-3-2-4-6-18/h2-10H,11-16H2,1H3. The minimum absolute atomic E-state index is 0.00502. The van der Waals surface area contributed by atoms with Crippen LogP contribution in [-0.4, -0.2) is 55.5 Å². The van der Waals surface area contributed by atoms with Crippen LogP contribution in [0.4, 0.5) is 0 Å². The number of nitrogens with zero attached hydrogens (tertiary/aromatic N) is 2. The van der Waals surface area contributed by atoms with E-state index < -0.39 is 10.0 Å². The first kappa shape index (κ1) is 19.9. The van der Waals surface area contributed by atoms with Crippen molar-refractivity contribution in [2.45, 2.75) is 17.6 Å². The van der Waals surface area contributed by atoms with Crippen molar-refractivity contribution in [3.05, 3.63) is 65.7 Å². The molecule has 1 aliphatic rings. The molecule has 0 N–H and O–H groups in total. The van der Waals surface area contributed by atoms with Gasteiger partial charge in [0.2, 0.25) is 15.9 Å². The summed E-state index contributed by atoms with van der Waals surface area (Å²) in [5.41, 5.74) is 1.98. The fourth-order valence-electron chi connectivity index (χ4n) is 2.96. The molecule has 144 valence electrons. The van der Waals surface area contributed by atoms with Crippen LogP contribution in [0.15, 0.2) is 59.5 Å². The second-order valence-corrected chi connectivity index (χ2v) is 9.64. The molecule has 0 radical (unpaired) electrons. The van der Waals surface area contributed by atoms with Gasteiger partial charge < -0.3 is 4.90 Å². The van der Waals surface area contributed by atoms with Gasteiger partial charge in [-0.2, -0.15) is 4.31 Å². The zero-order chi connectivity index (χ0) is 19.3. The summed E-state index contributed by atoms with van der Waals surface area (Å²) in [5.74, 6) is 0.436. The Morgan fingerprint density at radius 3 is 2.22 bits per heavy atom. The van der Waals surface area contributed by atoms with E-state index in [4.69, 9.17) is 0 Å². The highest BCUT2D eigenvalue weighted by atomic mass is 32.2. The van der Waals surface area contributed by atoms with Crippen molar-refractivity contribution >= 4 is 27.7 Å². The van der Waals surface area contributed by atoms with Gasteiger partial charge in [-0.3, -0.25) is 4.79 Å².